The van der Waals surface area contributed by atoms with E-state index in [0.717, 1.165) is 5.01 Å². The standard InChI is InChI=1S/C17H16N4O3/c1-2-20(17(23)24)19-15-16(22)21(12-8-4-3-5-9-12)14-11-7-6-10-13(14)18-15/h3-11H,2H2,1H3,(H,18,19)(H,23,24)/p-1. The third-order valence-electron chi connectivity index (χ3n) is 3.55. The lowest BCUT2D eigenvalue weighted by molar-refractivity contribution is -0.263. The molecule has 1 N–H and O–H groups in total. The van der Waals surface area contributed by atoms with Gasteiger partial charge in [-0.15, -0.1) is 0 Å². The molecule has 0 fully saturated rings. The zero-order valence-electron chi connectivity index (χ0n) is 13.0. The summed E-state index contributed by atoms with van der Waals surface area (Å²) in [7, 11) is 0. The van der Waals surface area contributed by atoms with Gasteiger partial charge in [0.05, 0.1) is 11.0 Å². The largest absolute Gasteiger partial charge is 0.529 e. The van der Waals surface area contributed by atoms with Gasteiger partial charge < -0.3 is 9.90 Å². The van der Waals surface area contributed by atoms with Crippen molar-refractivity contribution in [1.29, 1.82) is 0 Å². The summed E-state index contributed by atoms with van der Waals surface area (Å²) in [4.78, 5) is 28.2. The summed E-state index contributed by atoms with van der Waals surface area (Å²) < 4.78 is 1.49. The molecule has 1 amide bonds. The van der Waals surface area contributed by atoms with Gasteiger partial charge in [-0.2, -0.15) is 0 Å². The second-order valence-electron chi connectivity index (χ2n) is 5.05. The highest BCUT2D eigenvalue weighted by atomic mass is 16.4. The van der Waals surface area contributed by atoms with Crippen molar-refractivity contribution in [1.82, 2.24) is 14.6 Å². The maximum Gasteiger partial charge on any atom is 0.300 e. The van der Waals surface area contributed by atoms with Gasteiger partial charge in [-0.05, 0) is 31.2 Å². The molecule has 0 aliphatic rings. The summed E-state index contributed by atoms with van der Waals surface area (Å²) in [5.74, 6) is -0.0800. The van der Waals surface area contributed by atoms with Gasteiger partial charge in [0.25, 0.3) is 5.56 Å². The Hall–Kier alpha value is -3.35. The first-order chi connectivity index (χ1) is 11.6. The number of carbonyl (C=O) groups excluding carboxylic acids is 1. The van der Waals surface area contributed by atoms with Crippen LogP contribution in [0, 0.1) is 0 Å². The van der Waals surface area contributed by atoms with E-state index in [1.165, 1.54) is 4.57 Å². The smallest absolute Gasteiger partial charge is 0.300 e. The first-order valence-corrected chi connectivity index (χ1v) is 7.44. The van der Waals surface area contributed by atoms with Crippen molar-refractivity contribution in [2.75, 3.05) is 12.0 Å². The van der Waals surface area contributed by atoms with Crippen molar-refractivity contribution in [3.63, 3.8) is 0 Å². The van der Waals surface area contributed by atoms with Crippen LogP contribution >= 0.6 is 0 Å². The zero-order chi connectivity index (χ0) is 17.1. The number of hydrogen-bond acceptors (Lipinski definition) is 5. The zero-order valence-corrected chi connectivity index (χ0v) is 13.0. The highest BCUT2D eigenvalue weighted by molar-refractivity contribution is 5.78. The number of carboxylic acid groups (broad SMARTS) is 1. The monoisotopic (exact) mass is 323 g/mol. The Morgan fingerprint density at radius 2 is 1.83 bits per heavy atom. The van der Waals surface area contributed by atoms with Crippen molar-refractivity contribution in [3.05, 3.63) is 65.0 Å². The molecular weight excluding hydrogens is 308 g/mol. The van der Waals surface area contributed by atoms with Crippen LogP contribution in [-0.4, -0.2) is 27.2 Å². The lowest BCUT2D eigenvalue weighted by atomic mass is 10.2. The fourth-order valence-corrected chi connectivity index (χ4v) is 2.42. The molecule has 7 heteroatoms. The summed E-state index contributed by atoms with van der Waals surface area (Å²) in [5, 5.41) is 11.9. The molecular formula is C17H15N4O3-. The summed E-state index contributed by atoms with van der Waals surface area (Å²) in [6.07, 6.45) is -1.43. The second kappa shape index (κ2) is 6.41. The predicted octanol–water partition coefficient (Wildman–Crippen LogP) is 1.38. The number of hydrogen-bond donors (Lipinski definition) is 1. The molecule has 0 radical (unpaired) electrons. The lowest BCUT2D eigenvalue weighted by Crippen LogP contribution is -2.46. The molecule has 1 aromatic heterocycles. The minimum absolute atomic E-state index is 0.0800. The topological polar surface area (TPSA) is 90.3 Å². The molecule has 0 bridgehead atoms. The van der Waals surface area contributed by atoms with E-state index in [9.17, 15) is 14.7 Å². The van der Waals surface area contributed by atoms with Crippen LogP contribution < -0.4 is 16.1 Å². The molecule has 3 rings (SSSR count). The van der Waals surface area contributed by atoms with Crippen LogP contribution in [0.25, 0.3) is 16.7 Å². The normalized spacial score (nSPS) is 10.5. The Morgan fingerprint density at radius 1 is 1.17 bits per heavy atom. The first-order valence-electron chi connectivity index (χ1n) is 7.44. The van der Waals surface area contributed by atoms with Gasteiger partial charge in [0.2, 0.25) is 5.82 Å². The Balaban J connectivity index is 2.24. The van der Waals surface area contributed by atoms with Crippen molar-refractivity contribution >= 4 is 22.9 Å². The second-order valence-corrected chi connectivity index (χ2v) is 5.05. The number of anilines is 1. The minimum atomic E-state index is -1.43. The summed E-state index contributed by atoms with van der Waals surface area (Å²) >= 11 is 0. The van der Waals surface area contributed by atoms with Gasteiger partial charge in [0, 0.05) is 12.2 Å². The van der Waals surface area contributed by atoms with Crippen molar-refractivity contribution < 1.29 is 9.90 Å². The van der Waals surface area contributed by atoms with E-state index in [1.807, 2.05) is 24.3 Å². The van der Waals surface area contributed by atoms with Gasteiger partial charge in [-0.25, -0.2) is 4.98 Å². The van der Waals surface area contributed by atoms with E-state index in [0.29, 0.717) is 16.7 Å². The molecule has 7 nitrogen and oxygen atoms in total. The van der Waals surface area contributed by atoms with Crippen LogP contribution in [0.15, 0.2) is 59.4 Å². The summed E-state index contributed by atoms with van der Waals surface area (Å²) in [6.45, 7) is 1.74. The minimum Gasteiger partial charge on any atom is -0.529 e. The van der Waals surface area contributed by atoms with E-state index in [2.05, 4.69) is 10.4 Å². The van der Waals surface area contributed by atoms with Crippen LogP contribution in [0.5, 0.6) is 0 Å². The molecule has 0 saturated carbocycles. The lowest BCUT2D eigenvalue weighted by Gasteiger charge is -2.24. The number of benzene rings is 2. The van der Waals surface area contributed by atoms with Crippen LogP contribution in [0.2, 0.25) is 0 Å². The Bertz CT molecular complexity index is 937. The molecule has 0 aliphatic carbocycles. The van der Waals surface area contributed by atoms with Crippen LogP contribution in [0.4, 0.5) is 10.6 Å². The quantitative estimate of drug-likeness (QED) is 0.733. The summed E-state index contributed by atoms with van der Waals surface area (Å²) in [6, 6.07) is 16.3. The fourth-order valence-electron chi connectivity index (χ4n) is 2.42. The number of amides is 1. The maximum atomic E-state index is 12.9. The Labute approximate surface area is 137 Å². The summed E-state index contributed by atoms with van der Waals surface area (Å²) in [5.41, 5.74) is 3.95. The molecule has 24 heavy (non-hydrogen) atoms. The molecule has 0 aliphatic heterocycles. The number of carbonyl (C=O) groups is 1. The van der Waals surface area contributed by atoms with Crippen LogP contribution in [0.1, 0.15) is 6.92 Å². The first kappa shape index (κ1) is 15.5. The van der Waals surface area contributed by atoms with E-state index in [1.54, 1.807) is 37.3 Å². The number of hydrazine groups is 1. The molecule has 0 unspecified atom stereocenters. The van der Waals surface area contributed by atoms with Gasteiger partial charge in [0.1, 0.15) is 0 Å². The van der Waals surface area contributed by atoms with Gasteiger partial charge in [0.15, 0.2) is 6.09 Å². The van der Waals surface area contributed by atoms with Crippen molar-refractivity contribution in [2.24, 2.45) is 0 Å². The fraction of sp³-hybridized carbons (Fsp3) is 0.118. The predicted molar refractivity (Wildman–Crippen MR) is 88.7 cm³/mol. The average Bonchev–Trinajstić information content (AvgIpc) is 2.60. The maximum absolute atomic E-state index is 12.9. The van der Waals surface area contributed by atoms with E-state index >= 15 is 0 Å². The molecule has 2 aromatic carbocycles. The van der Waals surface area contributed by atoms with E-state index in [-0.39, 0.29) is 12.4 Å². The number of nitrogens with zero attached hydrogens (tertiary/aromatic N) is 3. The van der Waals surface area contributed by atoms with Gasteiger partial charge in [-0.3, -0.25) is 19.8 Å². The van der Waals surface area contributed by atoms with E-state index < -0.39 is 11.7 Å². The molecule has 0 spiro atoms. The number of nitrogens with one attached hydrogen (secondary N) is 1. The Morgan fingerprint density at radius 3 is 2.50 bits per heavy atom. The SMILES string of the molecule is CCN(Nc1nc2ccccc2n(-c2ccccc2)c1=O)C(=O)[O-]. The van der Waals surface area contributed by atoms with Crippen molar-refractivity contribution in [2.45, 2.75) is 6.92 Å². The van der Waals surface area contributed by atoms with Crippen molar-refractivity contribution in [3.8, 4) is 5.69 Å². The van der Waals surface area contributed by atoms with Gasteiger partial charge in [-0.1, -0.05) is 30.3 Å². The molecule has 3 aromatic rings. The number of para-hydroxylation sites is 3. The highest BCUT2D eigenvalue weighted by Gasteiger charge is 2.14. The molecule has 122 valence electrons. The van der Waals surface area contributed by atoms with E-state index in [4.69, 9.17) is 0 Å². The molecule has 1 heterocycles. The van der Waals surface area contributed by atoms with Crippen LogP contribution in [0.3, 0.4) is 0 Å². The average molecular weight is 323 g/mol. The number of rotatable bonds is 4. The highest BCUT2D eigenvalue weighted by Crippen LogP contribution is 2.16. The molecule has 0 atom stereocenters. The third-order valence-corrected chi connectivity index (χ3v) is 3.55. The third kappa shape index (κ3) is 2.79. The Kier molecular flexibility index (Phi) is 4.15. The van der Waals surface area contributed by atoms with Crippen LogP contribution in [-0.2, 0) is 0 Å². The number of aromatic nitrogens is 2. The van der Waals surface area contributed by atoms with Gasteiger partial charge >= 0.3 is 0 Å². The number of fused-ring (bicyclic) bond motifs is 1. The molecule has 0 saturated heterocycles.